The molecule has 1 atom stereocenters. The largest absolute Gasteiger partial charge is 0.302 e. The van der Waals surface area contributed by atoms with Gasteiger partial charge in [-0.05, 0) is 27.8 Å². The Labute approximate surface area is 117 Å². The van der Waals surface area contributed by atoms with E-state index in [-0.39, 0.29) is 12.4 Å². The fourth-order valence-electron chi connectivity index (χ4n) is 2.39. The molecular weight excluding hydrogens is 279 g/mol. The van der Waals surface area contributed by atoms with E-state index >= 15 is 0 Å². The van der Waals surface area contributed by atoms with Gasteiger partial charge in [0.1, 0.15) is 5.82 Å². The summed E-state index contributed by atoms with van der Waals surface area (Å²) in [7, 11) is 0. The van der Waals surface area contributed by atoms with Crippen molar-refractivity contribution in [2.75, 3.05) is 0 Å². The first-order chi connectivity index (χ1) is 9.66. The third-order valence-electron chi connectivity index (χ3n) is 3.26. The lowest BCUT2D eigenvalue weighted by atomic mass is 9.98. The molecule has 3 nitrogen and oxygen atoms in total. The average molecular weight is 290 g/mol. The fraction of sp³-hybridized carbons (Fsp3) is 0.0667. The molecule has 0 aromatic heterocycles. The molecule has 0 spiro atoms. The molecular formula is C15H11FO3S. The first-order valence-corrected chi connectivity index (χ1v) is 7.03. The summed E-state index contributed by atoms with van der Waals surface area (Å²) in [4.78, 5) is 0. The molecule has 3 aromatic rings. The third kappa shape index (κ3) is 2.31. The smallest absolute Gasteiger partial charge is 0.284 e. The van der Waals surface area contributed by atoms with Gasteiger partial charge >= 0.3 is 11.4 Å². The van der Waals surface area contributed by atoms with Crippen molar-refractivity contribution in [3.63, 3.8) is 0 Å². The summed E-state index contributed by atoms with van der Waals surface area (Å²) in [5.74, 6) is -0.314. The molecule has 0 saturated heterocycles. The first kappa shape index (κ1) is 13.2. The lowest BCUT2D eigenvalue weighted by Gasteiger charge is -2.09. The van der Waals surface area contributed by atoms with Crippen LogP contribution in [0.15, 0.2) is 48.5 Å². The second-order valence-corrected chi connectivity index (χ2v) is 5.07. The number of halogens is 1. The van der Waals surface area contributed by atoms with Crippen molar-refractivity contribution in [2.24, 2.45) is 0 Å². The predicted molar refractivity (Wildman–Crippen MR) is 77.0 cm³/mol. The van der Waals surface area contributed by atoms with Gasteiger partial charge in [0.25, 0.3) is 0 Å². The predicted octanol–water partition coefficient (Wildman–Crippen LogP) is 3.79. The van der Waals surface area contributed by atoms with E-state index in [4.69, 9.17) is 8.74 Å². The van der Waals surface area contributed by atoms with Crippen LogP contribution in [0.4, 0.5) is 4.39 Å². The molecule has 3 rings (SSSR count). The maximum atomic E-state index is 14.1. The normalized spacial score (nSPS) is 12.9. The topological polar surface area (TPSA) is 46.5 Å². The minimum atomic E-state index is -2.34. The Kier molecular flexibility index (Phi) is 3.48. The summed E-state index contributed by atoms with van der Waals surface area (Å²) in [5, 5.41) is 2.96. The zero-order valence-electron chi connectivity index (χ0n) is 10.4. The Balaban J connectivity index is 2.27. The van der Waals surface area contributed by atoms with E-state index in [1.165, 1.54) is 6.07 Å². The molecule has 3 aromatic carbocycles. The van der Waals surface area contributed by atoms with Gasteiger partial charge in [-0.15, -0.1) is 0 Å². The maximum absolute atomic E-state index is 14.1. The minimum absolute atomic E-state index is 0.0434. The number of benzene rings is 3. The van der Waals surface area contributed by atoms with Gasteiger partial charge in [0.2, 0.25) is 0 Å². The number of hydrogen-bond acceptors (Lipinski definition) is 2. The maximum Gasteiger partial charge on any atom is 0.302 e. The summed E-state index contributed by atoms with van der Waals surface area (Å²) in [6, 6.07) is 14.2. The van der Waals surface area contributed by atoms with E-state index in [0.717, 1.165) is 10.8 Å². The van der Waals surface area contributed by atoms with Crippen molar-refractivity contribution >= 4 is 32.9 Å². The van der Waals surface area contributed by atoms with Crippen LogP contribution in [-0.2, 0) is 22.2 Å². The molecule has 5 heteroatoms. The third-order valence-corrected chi connectivity index (χ3v) is 3.58. The summed E-state index contributed by atoms with van der Waals surface area (Å²) in [5.41, 5.74) is 0.676. The highest BCUT2D eigenvalue weighted by Crippen LogP contribution is 2.30. The summed E-state index contributed by atoms with van der Waals surface area (Å²) in [6.07, 6.45) is 0. The van der Waals surface area contributed by atoms with Gasteiger partial charge in [-0.1, -0.05) is 42.5 Å². The van der Waals surface area contributed by atoms with Crippen LogP contribution in [0.5, 0.6) is 0 Å². The Morgan fingerprint density at radius 2 is 1.65 bits per heavy atom. The molecule has 1 unspecified atom stereocenters. The zero-order chi connectivity index (χ0) is 14.1. The quantitative estimate of drug-likeness (QED) is 0.590. The number of hydrogen-bond donors (Lipinski definition) is 1. The molecule has 0 aliphatic heterocycles. The van der Waals surface area contributed by atoms with Gasteiger partial charge in [0, 0.05) is 5.39 Å². The van der Waals surface area contributed by atoms with Crippen molar-refractivity contribution in [2.45, 2.75) is 6.61 Å². The Hall–Kier alpha value is -1.82. The van der Waals surface area contributed by atoms with Gasteiger partial charge in [0.15, 0.2) is 0 Å². The van der Waals surface area contributed by atoms with Crippen LogP contribution in [0.2, 0.25) is 0 Å². The molecule has 0 heterocycles. The van der Waals surface area contributed by atoms with E-state index in [1.807, 2.05) is 24.3 Å². The van der Waals surface area contributed by atoms with Crippen molar-refractivity contribution in [3.05, 3.63) is 59.9 Å². The molecule has 0 saturated carbocycles. The Morgan fingerprint density at radius 1 is 1.00 bits per heavy atom. The lowest BCUT2D eigenvalue weighted by Crippen LogP contribution is -1.97. The molecule has 0 bridgehead atoms. The summed E-state index contributed by atoms with van der Waals surface area (Å²) < 4.78 is 38.1. The van der Waals surface area contributed by atoms with Gasteiger partial charge in [0.05, 0.1) is 6.61 Å². The van der Waals surface area contributed by atoms with Crippen molar-refractivity contribution in [3.8, 4) is 0 Å². The number of fused-ring (bicyclic) bond motifs is 3. The van der Waals surface area contributed by atoms with Crippen LogP contribution in [0.3, 0.4) is 0 Å². The SMILES string of the molecule is O=S(O)OCc1cccc2c1cc(F)c1ccccc12. The van der Waals surface area contributed by atoms with Gasteiger partial charge < -0.3 is 0 Å². The first-order valence-electron chi connectivity index (χ1n) is 6.00. The molecule has 102 valence electrons. The highest BCUT2D eigenvalue weighted by atomic mass is 32.2. The van der Waals surface area contributed by atoms with Crippen molar-refractivity contribution < 1.29 is 17.3 Å². The van der Waals surface area contributed by atoms with Crippen LogP contribution >= 0.6 is 0 Å². The van der Waals surface area contributed by atoms with E-state index in [1.54, 1.807) is 18.2 Å². The average Bonchev–Trinajstić information content (AvgIpc) is 2.45. The van der Waals surface area contributed by atoms with E-state index in [0.29, 0.717) is 16.3 Å². The molecule has 0 aliphatic carbocycles. The highest BCUT2D eigenvalue weighted by molar-refractivity contribution is 7.74. The van der Waals surface area contributed by atoms with Crippen molar-refractivity contribution in [1.82, 2.24) is 0 Å². The van der Waals surface area contributed by atoms with Crippen LogP contribution in [0, 0.1) is 5.82 Å². The molecule has 0 amide bonds. The van der Waals surface area contributed by atoms with Crippen LogP contribution in [0.1, 0.15) is 5.56 Å². The summed E-state index contributed by atoms with van der Waals surface area (Å²) in [6.45, 7) is -0.0434. The van der Waals surface area contributed by atoms with E-state index in [2.05, 4.69) is 0 Å². The molecule has 0 radical (unpaired) electrons. The fourth-order valence-corrected chi connectivity index (χ4v) is 2.62. The number of rotatable bonds is 3. The van der Waals surface area contributed by atoms with Gasteiger partial charge in [-0.3, -0.25) is 8.74 Å². The van der Waals surface area contributed by atoms with Crippen LogP contribution < -0.4 is 0 Å². The second kappa shape index (κ2) is 5.28. The van der Waals surface area contributed by atoms with E-state index < -0.39 is 11.4 Å². The zero-order valence-corrected chi connectivity index (χ0v) is 11.2. The lowest BCUT2D eigenvalue weighted by molar-refractivity contribution is 0.298. The highest BCUT2D eigenvalue weighted by Gasteiger charge is 2.09. The summed E-state index contributed by atoms with van der Waals surface area (Å²) >= 11 is -2.34. The molecule has 0 aliphatic rings. The van der Waals surface area contributed by atoms with Crippen LogP contribution in [-0.4, -0.2) is 8.76 Å². The molecule has 0 fully saturated rings. The Bertz CT molecular complexity index is 817. The van der Waals surface area contributed by atoms with E-state index in [9.17, 15) is 8.60 Å². The van der Waals surface area contributed by atoms with Crippen molar-refractivity contribution in [1.29, 1.82) is 0 Å². The van der Waals surface area contributed by atoms with Crippen LogP contribution in [0.25, 0.3) is 21.5 Å². The van der Waals surface area contributed by atoms with Gasteiger partial charge in [-0.25, -0.2) is 4.39 Å². The minimum Gasteiger partial charge on any atom is -0.284 e. The molecule has 20 heavy (non-hydrogen) atoms. The van der Waals surface area contributed by atoms with Gasteiger partial charge in [-0.2, -0.15) is 4.21 Å². The monoisotopic (exact) mass is 290 g/mol. The standard InChI is InChI=1S/C15H11FO3S/c16-15-8-14-10(9-19-20(17)18)4-3-7-12(14)11-5-1-2-6-13(11)15/h1-8H,9H2,(H,17,18). The second-order valence-electron chi connectivity index (χ2n) is 4.40. The molecule has 1 N–H and O–H groups in total. The Morgan fingerprint density at radius 3 is 2.40 bits per heavy atom.